The summed E-state index contributed by atoms with van der Waals surface area (Å²) in [5.74, 6) is -0.397. The normalized spacial score (nSPS) is 10.7. The van der Waals surface area contributed by atoms with Gasteiger partial charge in [0, 0.05) is 18.0 Å². The highest BCUT2D eigenvalue weighted by molar-refractivity contribution is 5.94. The van der Waals surface area contributed by atoms with Crippen LogP contribution < -0.4 is 14.9 Å². The number of pyridine rings is 1. The molecule has 0 bridgehead atoms. The summed E-state index contributed by atoms with van der Waals surface area (Å²) in [6.07, 6.45) is 4.51. The number of methoxy groups -OCH3 is 1. The molecule has 0 radical (unpaired) electrons. The molecule has 0 aliphatic heterocycles. The third kappa shape index (κ3) is 5.19. The van der Waals surface area contributed by atoms with Crippen molar-refractivity contribution in [1.82, 2.24) is 10.4 Å². The van der Waals surface area contributed by atoms with Crippen LogP contribution >= 0.6 is 0 Å². The Morgan fingerprint density at radius 1 is 1.17 bits per heavy atom. The summed E-state index contributed by atoms with van der Waals surface area (Å²) in [5.41, 5.74) is 3.55. The summed E-state index contributed by atoms with van der Waals surface area (Å²) in [5, 5.41) is 12.8. The predicted molar refractivity (Wildman–Crippen MR) is 102 cm³/mol. The van der Waals surface area contributed by atoms with Crippen molar-refractivity contribution in [3.05, 3.63) is 77.5 Å². The van der Waals surface area contributed by atoms with E-state index in [1.807, 2.05) is 0 Å². The minimum Gasteiger partial charge on any atom is -0.493 e. The van der Waals surface area contributed by atoms with Gasteiger partial charge in [0.25, 0.3) is 5.91 Å². The monoisotopic (exact) mass is 395 g/mol. The molecule has 0 spiro atoms. The Labute approximate surface area is 165 Å². The molecular weight excluding hydrogens is 378 g/mol. The molecule has 2 aromatic heterocycles. The molecule has 1 aromatic carbocycles. The summed E-state index contributed by atoms with van der Waals surface area (Å²) in [6, 6.07) is 11.1. The Morgan fingerprint density at radius 2 is 1.97 bits per heavy atom. The Kier molecular flexibility index (Phi) is 6.21. The number of aromatic carboxylic acids is 1. The number of carboxylic acid groups (broad SMARTS) is 1. The number of benzene rings is 1. The Morgan fingerprint density at radius 3 is 2.66 bits per heavy atom. The Hall–Kier alpha value is -4.14. The molecule has 0 saturated heterocycles. The molecule has 0 saturated carbocycles. The number of nitrogens with zero attached hydrogens (tertiary/aromatic N) is 2. The molecule has 2 heterocycles. The predicted octanol–water partition coefficient (Wildman–Crippen LogP) is 2.72. The van der Waals surface area contributed by atoms with Crippen LogP contribution in [0.25, 0.3) is 0 Å². The van der Waals surface area contributed by atoms with E-state index in [0.29, 0.717) is 28.4 Å². The maximum absolute atomic E-state index is 11.9. The minimum atomic E-state index is -1.14. The fraction of sp³-hybridized carbons (Fsp3) is 0.100. The van der Waals surface area contributed by atoms with Gasteiger partial charge in [0.1, 0.15) is 12.4 Å². The lowest BCUT2D eigenvalue weighted by Gasteiger charge is -2.10. The standard InChI is InChI=1S/C20H17N3O6/c1-27-18-10-13(11-22-23-19(24)14-6-8-21-9-7-14)2-4-16(18)28-12-15-3-5-17(29-15)20(25)26/h2-11H,12H2,1H3,(H,23,24)(H,25,26). The van der Waals surface area contributed by atoms with Crippen LogP contribution in [-0.2, 0) is 6.61 Å². The first-order valence-electron chi connectivity index (χ1n) is 8.43. The molecule has 29 heavy (non-hydrogen) atoms. The number of nitrogens with one attached hydrogen (secondary N) is 1. The molecule has 0 atom stereocenters. The second-order valence-electron chi connectivity index (χ2n) is 5.71. The van der Waals surface area contributed by atoms with Gasteiger partial charge in [-0.05, 0) is 48.0 Å². The second kappa shape index (κ2) is 9.18. The fourth-order valence-electron chi connectivity index (χ4n) is 2.34. The van der Waals surface area contributed by atoms with Crippen LogP contribution in [0.5, 0.6) is 11.5 Å². The number of hydrogen-bond donors (Lipinski definition) is 2. The van der Waals surface area contributed by atoms with E-state index in [1.54, 1.807) is 30.3 Å². The third-order valence-corrected chi connectivity index (χ3v) is 3.75. The van der Waals surface area contributed by atoms with Gasteiger partial charge in [-0.2, -0.15) is 5.10 Å². The summed E-state index contributed by atoms with van der Waals surface area (Å²) in [6.45, 7) is 0.0407. The molecule has 0 fully saturated rings. The highest BCUT2D eigenvalue weighted by Gasteiger charge is 2.11. The van der Waals surface area contributed by atoms with Gasteiger partial charge < -0.3 is 19.0 Å². The fourth-order valence-corrected chi connectivity index (χ4v) is 2.34. The smallest absolute Gasteiger partial charge is 0.371 e. The zero-order chi connectivity index (χ0) is 20.6. The molecule has 0 aliphatic carbocycles. The van der Waals surface area contributed by atoms with Gasteiger partial charge in [-0.3, -0.25) is 9.78 Å². The summed E-state index contributed by atoms with van der Waals surface area (Å²) in [7, 11) is 1.49. The minimum absolute atomic E-state index is 0.0407. The summed E-state index contributed by atoms with van der Waals surface area (Å²) in [4.78, 5) is 26.6. The van der Waals surface area contributed by atoms with Crippen LogP contribution in [-0.4, -0.2) is 35.3 Å². The second-order valence-corrected chi connectivity index (χ2v) is 5.71. The first kappa shape index (κ1) is 19.6. The number of carbonyl (C=O) groups is 2. The van der Waals surface area contributed by atoms with Crippen molar-refractivity contribution in [1.29, 1.82) is 0 Å². The molecule has 9 heteroatoms. The van der Waals surface area contributed by atoms with Crippen LogP contribution in [0, 0.1) is 0 Å². The van der Waals surface area contributed by atoms with Crippen LogP contribution in [0.2, 0.25) is 0 Å². The molecule has 148 valence electrons. The van der Waals surface area contributed by atoms with Crippen LogP contribution in [0.3, 0.4) is 0 Å². The molecule has 3 rings (SSSR count). The van der Waals surface area contributed by atoms with Gasteiger partial charge in [0.05, 0.1) is 13.3 Å². The van der Waals surface area contributed by atoms with Gasteiger partial charge in [-0.15, -0.1) is 0 Å². The quantitative estimate of drug-likeness (QED) is 0.444. The number of carbonyl (C=O) groups excluding carboxylic acids is 1. The van der Waals surface area contributed by atoms with Gasteiger partial charge in [0.2, 0.25) is 5.76 Å². The number of amides is 1. The third-order valence-electron chi connectivity index (χ3n) is 3.75. The average molecular weight is 395 g/mol. The van der Waals surface area contributed by atoms with E-state index in [2.05, 4.69) is 15.5 Å². The number of carboxylic acids is 1. The number of ether oxygens (including phenoxy) is 2. The van der Waals surface area contributed by atoms with Crippen molar-refractivity contribution in [2.45, 2.75) is 6.61 Å². The number of hydrazone groups is 1. The highest BCUT2D eigenvalue weighted by atomic mass is 16.5. The van der Waals surface area contributed by atoms with Crippen molar-refractivity contribution in [2.75, 3.05) is 7.11 Å². The van der Waals surface area contributed by atoms with E-state index in [9.17, 15) is 9.59 Å². The lowest BCUT2D eigenvalue weighted by Crippen LogP contribution is -2.17. The zero-order valence-electron chi connectivity index (χ0n) is 15.4. The van der Waals surface area contributed by atoms with Crippen LogP contribution in [0.4, 0.5) is 0 Å². The van der Waals surface area contributed by atoms with Gasteiger partial charge in [0.15, 0.2) is 11.5 Å². The van der Waals surface area contributed by atoms with E-state index in [-0.39, 0.29) is 18.3 Å². The van der Waals surface area contributed by atoms with Crippen molar-refractivity contribution in [2.24, 2.45) is 5.10 Å². The number of furan rings is 1. The summed E-state index contributed by atoms with van der Waals surface area (Å²) >= 11 is 0. The molecule has 3 aromatic rings. The van der Waals surface area contributed by atoms with Gasteiger partial charge >= 0.3 is 5.97 Å². The first-order valence-corrected chi connectivity index (χ1v) is 8.43. The molecule has 1 amide bonds. The molecule has 0 unspecified atom stereocenters. The largest absolute Gasteiger partial charge is 0.493 e. The number of aromatic nitrogens is 1. The number of hydrogen-bond acceptors (Lipinski definition) is 7. The van der Waals surface area contributed by atoms with E-state index in [1.165, 1.54) is 37.9 Å². The maximum atomic E-state index is 11.9. The first-order chi connectivity index (χ1) is 14.1. The number of rotatable bonds is 8. The topological polar surface area (TPSA) is 123 Å². The van der Waals surface area contributed by atoms with Crippen molar-refractivity contribution in [3.8, 4) is 11.5 Å². The molecule has 9 nitrogen and oxygen atoms in total. The zero-order valence-corrected chi connectivity index (χ0v) is 15.4. The van der Waals surface area contributed by atoms with E-state index >= 15 is 0 Å². The molecule has 2 N–H and O–H groups in total. The van der Waals surface area contributed by atoms with E-state index < -0.39 is 5.97 Å². The van der Waals surface area contributed by atoms with E-state index in [4.69, 9.17) is 19.0 Å². The highest BCUT2D eigenvalue weighted by Crippen LogP contribution is 2.28. The maximum Gasteiger partial charge on any atom is 0.371 e. The van der Waals surface area contributed by atoms with Crippen molar-refractivity contribution < 1.29 is 28.6 Å². The van der Waals surface area contributed by atoms with Crippen molar-refractivity contribution >= 4 is 18.1 Å². The van der Waals surface area contributed by atoms with E-state index in [0.717, 1.165) is 0 Å². The average Bonchev–Trinajstić information content (AvgIpc) is 3.22. The lowest BCUT2D eigenvalue weighted by atomic mass is 10.2. The van der Waals surface area contributed by atoms with Gasteiger partial charge in [-0.1, -0.05) is 0 Å². The molecular formula is C20H17N3O6. The Bertz CT molecular complexity index is 1030. The van der Waals surface area contributed by atoms with Crippen LogP contribution in [0.1, 0.15) is 32.2 Å². The Balaban J connectivity index is 1.61. The summed E-state index contributed by atoms with van der Waals surface area (Å²) < 4.78 is 16.1. The van der Waals surface area contributed by atoms with Crippen LogP contribution in [0.15, 0.2) is 64.4 Å². The van der Waals surface area contributed by atoms with Crippen molar-refractivity contribution in [3.63, 3.8) is 0 Å². The van der Waals surface area contributed by atoms with Gasteiger partial charge in [-0.25, -0.2) is 10.2 Å². The SMILES string of the molecule is COc1cc(C=NNC(=O)c2ccncc2)ccc1OCc1ccc(C(=O)O)o1. The molecule has 0 aliphatic rings. The lowest BCUT2D eigenvalue weighted by molar-refractivity contribution is 0.0657.